The van der Waals surface area contributed by atoms with Gasteiger partial charge in [0, 0.05) is 17.6 Å². The maximum atomic E-state index is 3.15. The van der Waals surface area contributed by atoms with E-state index in [1.807, 2.05) is 0 Å². The second-order valence-electron chi connectivity index (χ2n) is 9.84. The number of nitrogens with zero attached hydrogens (tertiary/aromatic N) is 2. The first-order valence-electron chi connectivity index (χ1n) is 10.8. The van der Waals surface area contributed by atoms with E-state index in [1.54, 1.807) is 24.2 Å². The van der Waals surface area contributed by atoms with Crippen molar-refractivity contribution in [2.24, 2.45) is 5.92 Å². The molecular formula is C20H42N2Si2. The van der Waals surface area contributed by atoms with Crippen molar-refractivity contribution >= 4 is 16.5 Å². The molecule has 3 aliphatic rings. The van der Waals surface area contributed by atoms with Gasteiger partial charge in [-0.3, -0.25) is 0 Å². The van der Waals surface area contributed by atoms with Crippen molar-refractivity contribution in [3.05, 3.63) is 0 Å². The molecule has 0 bridgehead atoms. The summed E-state index contributed by atoms with van der Waals surface area (Å²) < 4.78 is 6.21. The molecule has 3 unspecified atom stereocenters. The smallest absolute Gasteiger partial charge is 0.128 e. The molecule has 3 atom stereocenters. The van der Waals surface area contributed by atoms with E-state index in [0.29, 0.717) is 11.1 Å². The molecule has 0 amide bonds. The molecule has 4 heteroatoms. The summed E-state index contributed by atoms with van der Waals surface area (Å²) in [5, 5.41) is 0. The van der Waals surface area contributed by atoms with Gasteiger partial charge in [0.2, 0.25) is 0 Å². The van der Waals surface area contributed by atoms with Crippen LogP contribution in [0.5, 0.6) is 0 Å². The van der Waals surface area contributed by atoms with Gasteiger partial charge in [-0.1, -0.05) is 54.0 Å². The Kier molecular flexibility index (Phi) is 4.95. The molecule has 0 aromatic carbocycles. The standard InChI is InChI=1S/C20H42N2Si2/c1-8-19(6)20(18(4)5,22(19)23(7)13-11-14-23)17-21(9-2)24(10-3)15-12-16-24/h18H,8-17H2,1-7H3. The Morgan fingerprint density at radius 2 is 1.62 bits per heavy atom. The Bertz CT molecular complexity index is 467. The molecule has 3 saturated heterocycles. The van der Waals surface area contributed by atoms with E-state index in [1.165, 1.54) is 38.4 Å². The van der Waals surface area contributed by atoms with Crippen LogP contribution in [0.25, 0.3) is 0 Å². The highest BCUT2D eigenvalue weighted by atomic mass is 28.3. The Hall–Kier alpha value is 0.354. The van der Waals surface area contributed by atoms with Gasteiger partial charge in [0.25, 0.3) is 0 Å². The van der Waals surface area contributed by atoms with Gasteiger partial charge in [-0.15, -0.1) is 0 Å². The highest BCUT2D eigenvalue weighted by molar-refractivity contribution is 6.80. The van der Waals surface area contributed by atoms with Crippen LogP contribution >= 0.6 is 0 Å². The van der Waals surface area contributed by atoms with Crippen molar-refractivity contribution in [2.45, 2.75) is 109 Å². The summed E-state index contributed by atoms with van der Waals surface area (Å²) in [6.07, 6.45) is 4.34. The molecule has 24 heavy (non-hydrogen) atoms. The first-order chi connectivity index (χ1) is 11.3. The van der Waals surface area contributed by atoms with Gasteiger partial charge in [-0.05, 0) is 56.0 Å². The minimum absolute atomic E-state index is 0.475. The van der Waals surface area contributed by atoms with E-state index in [4.69, 9.17) is 0 Å². The van der Waals surface area contributed by atoms with E-state index < -0.39 is 16.5 Å². The van der Waals surface area contributed by atoms with Crippen LogP contribution in [0, 0.1) is 5.92 Å². The van der Waals surface area contributed by atoms with Gasteiger partial charge >= 0.3 is 0 Å². The zero-order valence-electron chi connectivity index (χ0n) is 17.5. The van der Waals surface area contributed by atoms with Crippen LogP contribution in [0.15, 0.2) is 0 Å². The van der Waals surface area contributed by atoms with Crippen molar-refractivity contribution in [1.82, 2.24) is 9.13 Å². The Morgan fingerprint density at radius 1 is 1.04 bits per heavy atom. The molecular weight excluding hydrogens is 324 g/mol. The first-order valence-corrected chi connectivity index (χ1v) is 16.2. The lowest BCUT2D eigenvalue weighted by molar-refractivity contribution is 0.276. The molecule has 140 valence electrons. The lowest BCUT2D eigenvalue weighted by atomic mass is 9.83. The number of hydrogen-bond donors (Lipinski definition) is 0. The highest BCUT2D eigenvalue weighted by Gasteiger charge is 2.77. The third-order valence-electron chi connectivity index (χ3n) is 8.82. The third-order valence-corrected chi connectivity index (χ3v) is 19.4. The van der Waals surface area contributed by atoms with Crippen molar-refractivity contribution in [2.75, 3.05) is 13.1 Å². The van der Waals surface area contributed by atoms with Gasteiger partial charge in [0.15, 0.2) is 0 Å². The van der Waals surface area contributed by atoms with E-state index >= 15 is 0 Å². The quantitative estimate of drug-likeness (QED) is 0.411. The van der Waals surface area contributed by atoms with Crippen LogP contribution in [0.4, 0.5) is 0 Å². The molecule has 0 spiro atoms. The van der Waals surface area contributed by atoms with Crippen LogP contribution < -0.4 is 0 Å². The van der Waals surface area contributed by atoms with Crippen LogP contribution in [0.1, 0.15) is 60.8 Å². The third kappa shape index (κ3) is 2.32. The highest BCUT2D eigenvalue weighted by Crippen LogP contribution is 2.64. The zero-order chi connectivity index (χ0) is 17.8. The van der Waals surface area contributed by atoms with Gasteiger partial charge in [0.05, 0.1) is 0 Å². The maximum Gasteiger partial charge on any atom is 0.128 e. The number of likely N-dealkylation sites (N-methyl/N-ethyl adjacent to an activating group) is 1. The van der Waals surface area contributed by atoms with Gasteiger partial charge in [0.1, 0.15) is 16.5 Å². The zero-order valence-corrected chi connectivity index (χ0v) is 19.5. The predicted molar refractivity (Wildman–Crippen MR) is 112 cm³/mol. The Labute approximate surface area is 153 Å². The summed E-state index contributed by atoms with van der Waals surface area (Å²) in [7, 11) is -2.23. The Balaban J connectivity index is 1.91. The first kappa shape index (κ1) is 19.1. The second kappa shape index (κ2) is 6.21. The van der Waals surface area contributed by atoms with Crippen LogP contribution in [0.2, 0.25) is 36.8 Å². The predicted octanol–water partition coefficient (Wildman–Crippen LogP) is 5.54. The summed E-state index contributed by atoms with van der Waals surface area (Å²) in [4.78, 5) is 0. The number of rotatable bonds is 8. The summed E-state index contributed by atoms with van der Waals surface area (Å²) >= 11 is 0. The lowest BCUT2D eigenvalue weighted by Crippen LogP contribution is -2.62. The van der Waals surface area contributed by atoms with Crippen molar-refractivity contribution < 1.29 is 0 Å². The molecule has 0 aliphatic carbocycles. The summed E-state index contributed by atoms with van der Waals surface area (Å²) in [6, 6.07) is 7.73. The average molecular weight is 367 g/mol. The fourth-order valence-corrected chi connectivity index (χ4v) is 15.8. The summed E-state index contributed by atoms with van der Waals surface area (Å²) in [6.45, 7) is 20.4. The van der Waals surface area contributed by atoms with Crippen LogP contribution in [0.3, 0.4) is 0 Å². The fourth-order valence-electron chi connectivity index (χ4n) is 6.75. The van der Waals surface area contributed by atoms with E-state index in [9.17, 15) is 0 Å². The van der Waals surface area contributed by atoms with Gasteiger partial charge in [-0.25, -0.2) is 0 Å². The normalized spacial score (nSPS) is 39.6. The van der Waals surface area contributed by atoms with Crippen molar-refractivity contribution in [1.29, 1.82) is 0 Å². The molecule has 3 fully saturated rings. The number of hydrogen-bond acceptors (Lipinski definition) is 2. The molecule has 0 radical (unpaired) electrons. The van der Waals surface area contributed by atoms with Crippen molar-refractivity contribution in [3.8, 4) is 0 Å². The van der Waals surface area contributed by atoms with Gasteiger partial charge < -0.3 is 9.13 Å². The van der Waals surface area contributed by atoms with E-state index in [2.05, 4.69) is 57.2 Å². The molecule has 0 aromatic heterocycles. The second-order valence-corrected chi connectivity index (χ2v) is 19.1. The molecule has 0 aromatic rings. The SMILES string of the molecule is CCN(CC1(C(C)C)N([Si]2(C)CCC2)C1(C)CC)[Si]1(CC)CCC1. The summed E-state index contributed by atoms with van der Waals surface area (Å²) in [5.74, 6) is 0.782. The van der Waals surface area contributed by atoms with E-state index in [0.717, 1.165) is 5.92 Å². The molecule has 0 N–H and O–H groups in total. The molecule has 3 rings (SSSR count). The monoisotopic (exact) mass is 366 g/mol. The molecule has 0 saturated carbocycles. The molecule has 2 nitrogen and oxygen atoms in total. The van der Waals surface area contributed by atoms with Crippen LogP contribution in [-0.4, -0.2) is 49.8 Å². The lowest BCUT2D eigenvalue weighted by Gasteiger charge is -2.50. The summed E-state index contributed by atoms with van der Waals surface area (Å²) in [5.41, 5.74) is 0.951. The van der Waals surface area contributed by atoms with Gasteiger partial charge in [-0.2, -0.15) is 0 Å². The molecule has 3 aliphatic heterocycles. The largest absolute Gasteiger partial charge is 0.322 e. The fraction of sp³-hybridized carbons (Fsp3) is 1.00. The minimum Gasteiger partial charge on any atom is -0.322 e. The van der Waals surface area contributed by atoms with E-state index in [-0.39, 0.29) is 0 Å². The Morgan fingerprint density at radius 3 is 1.92 bits per heavy atom. The van der Waals surface area contributed by atoms with Crippen molar-refractivity contribution in [3.63, 3.8) is 0 Å². The topological polar surface area (TPSA) is 6.25 Å². The van der Waals surface area contributed by atoms with Crippen LogP contribution in [-0.2, 0) is 0 Å². The maximum absolute atomic E-state index is 3.15. The molecule has 3 heterocycles. The minimum atomic E-state index is -1.14. The average Bonchev–Trinajstić information content (AvgIpc) is 3.04.